The smallest absolute Gasteiger partial charge is 0.449 e. The van der Waals surface area contributed by atoms with Crippen LogP contribution in [0.25, 0.3) is 0 Å². The van der Waals surface area contributed by atoms with Crippen molar-refractivity contribution < 1.29 is 37.0 Å². The van der Waals surface area contributed by atoms with Gasteiger partial charge in [-0.3, -0.25) is 10.1 Å². The topological polar surface area (TPSA) is 108 Å². The Bertz CT molecular complexity index is 571. The molecular weight excluding hydrogens is 309 g/mol. The number of urea groups is 1. The second kappa shape index (κ2) is 6.78. The van der Waals surface area contributed by atoms with Gasteiger partial charge in [-0.25, -0.2) is 9.59 Å². The highest BCUT2D eigenvalue weighted by Gasteiger charge is 2.31. The summed E-state index contributed by atoms with van der Waals surface area (Å²) in [6.07, 6.45) is -6.16. The first-order valence-electron chi connectivity index (χ1n) is 5.75. The summed E-state index contributed by atoms with van der Waals surface area (Å²) < 4.78 is 44.3. The summed E-state index contributed by atoms with van der Waals surface area (Å²) >= 11 is 0. The number of benzene rings is 1. The zero-order valence-corrected chi connectivity index (χ0v) is 11.1. The summed E-state index contributed by atoms with van der Waals surface area (Å²) in [5.74, 6) is -2.41. The van der Waals surface area contributed by atoms with E-state index in [1.807, 2.05) is 0 Å². The van der Waals surface area contributed by atoms with Gasteiger partial charge < -0.3 is 15.2 Å². The lowest BCUT2D eigenvalue weighted by Crippen LogP contribution is -2.42. The minimum atomic E-state index is -4.84. The maximum absolute atomic E-state index is 12.0. The van der Waals surface area contributed by atoms with Crippen molar-refractivity contribution in [1.29, 1.82) is 0 Å². The third kappa shape index (κ3) is 5.69. The Balaban J connectivity index is 2.66. The van der Waals surface area contributed by atoms with Crippen LogP contribution >= 0.6 is 0 Å². The summed E-state index contributed by atoms with van der Waals surface area (Å²) in [5, 5.41) is 1.71. The van der Waals surface area contributed by atoms with Gasteiger partial charge in [-0.2, -0.15) is 0 Å². The van der Waals surface area contributed by atoms with Gasteiger partial charge >= 0.3 is 18.4 Å². The number of alkyl halides is 3. The van der Waals surface area contributed by atoms with Crippen molar-refractivity contribution in [3.63, 3.8) is 0 Å². The average molecular weight is 320 g/mol. The highest BCUT2D eigenvalue weighted by atomic mass is 19.4. The number of ether oxygens (including phenoxy) is 2. The molecule has 1 aromatic rings. The number of carbonyl (C=O) groups excluding carboxylic acids is 3. The number of primary amides is 1. The number of hydrogen-bond acceptors (Lipinski definition) is 5. The van der Waals surface area contributed by atoms with Gasteiger partial charge in [0.05, 0.1) is 5.56 Å². The van der Waals surface area contributed by atoms with E-state index in [0.29, 0.717) is 0 Å². The molecule has 10 heteroatoms. The Hall–Kier alpha value is -2.78. The van der Waals surface area contributed by atoms with E-state index in [1.54, 1.807) is 5.32 Å². The molecule has 0 saturated carbocycles. The zero-order chi connectivity index (χ0) is 16.9. The summed E-state index contributed by atoms with van der Waals surface area (Å²) in [6.45, 7) is 1.19. The van der Waals surface area contributed by atoms with Gasteiger partial charge in [0.15, 0.2) is 6.10 Å². The first kappa shape index (κ1) is 17.3. The lowest BCUT2D eigenvalue weighted by atomic mass is 10.2. The highest BCUT2D eigenvalue weighted by Crippen LogP contribution is 2.22. The second-order valence-corrected chi connectivity index (χ2v) is 3.97. The van der Waals surface area contributed by atoms with Crippen molar-refractivity contribution in [3.05, 3.63) is 29.8 Å². The van der Waals surface area contributed by atoms with E-state index < -0.39 is 36.1 Å². The Morgan fingerprint density at radius 2 is 1.73 bits per heavy atom. The van der Waals surface area contributed by atoms with E-state index in [2.05, 4.69) is 4.74 Å². The molecule has 1 atom stereocenters. The van der Waals surface area contributed by atoms with E-state index in [0.717, 1.165) is 24.3 Å². The van der Waals surface area contributed by atoms with Crippen molar-refractivity contribution in [2.45, 2.75) is 19.4 Å². The van der Waals surface area contributed by atoms with Gasteiger partial charge in [-0.1, -0.05) is 0 Å². The van der Waals surface area contributed by atoms with E-state index >= 15 is 0 Å². The predicted molar refractivity (Wildman–Crippen MR) is 65.7 cm³/mol. The molecule has 3 N–H and O–H groups in total. The summed E-state index contributed by atoms with van der Waals surface area (Å²) in [5.41, 5.74) is 4.62. The minimum absolute atomic E-state index is 0.103. The molecule has 0 aliphatic rings. The van der Waals surface area contributed by atoms with Crippen LogP contribution in [0.2, 0.25) is 0 Å². The quantitative estimate of drug-likeness (QED) is 0.814. The van der Waals surface area contributed by atoms with Gasteiger partial charge in [-0.05, 0) is 31.2 Å². The van der Waals surface area contributed by atoms with Gasteiger partial charge in [0.2, 0.25) is 0 Å². The van der Waals surface area contributed by atoms with Gasteiger partial charge in [0, 0.05) is 0 Å². The predicted octanol–water partition coefficient (Wildman–Crippen LogP) is 1.33. The van der Waals surface area contributed by atoms with Crippen LogP contribution in [-0.4, -0.2) is 30.4 Å². The Kier molecular flexibility index (Phi) is 5.33. The molecule has 0 aliphatic carbocycles. The van der Waals surface area contributed by atoms with Crippen molar-refractivity contribution in [3.8, 4) is 5.75 Å². The normalized spacial score (nSPS) is 12.2. The molecule has 0 bridgehead atoms. The third-order valence-corrected chi connectivity index (χ3v) is 2.22. The number of rotatable bonds is 4. The van der Waals surface area contributed by atoms with E-state index in [-0.39, 0.29) is 5.56 Å². The molecule has 0 fully saturated rings. The number of nitrogens with two attached hydrogens (primary N) is 1. The van der Waals surface area contributed by atoms with E-state index in [4.69, 9.17) is 10.5 Å². The first-order chi connectivity index (χ1) is 10.1. The van der Waals surface area contributed by atoms with Gasteiger partial charge in [0.25, 0.3) is 5.91 Å². The molecule has 1 aromatic carbocycles. The second-order valence-electron chi connectivity index (χ2n) is 3.97. The Morgan fingerprint density at radius 1 is 1.18 bits per heavy atom. The van der Waals surface area contributed by atoms with Crippen LogP contribution in [0.1, 0.15) is 17.3 Å². The SMILES string of the molecule is C[C@@H](OC(=O)c1ccc(OC(F)(F)F)cc1)C(=O)NC(N)=O. The maximum atomic E-state index is 12.0. The van der Waals surface area contributed by atoms with Crippen molar-refractivity contribution in [1.82, 2.24) is 5.32 Å². The Labute approximate surface area is 122 Å². The highest BCUT2D eigenvalue weighted by molar-refractivity contribution is 5.98. The molecule has 0 saturated heterocycles. The molecule has 120 valence electrons. The summed E-state index contributed by atoms with van der Waals surface area (Å²) in [7, 11) is 0. The van der Waals surface area contributed by atoms with Crippen LogP contribution < -0.4 is 15.8 Å². The van der Waals surface area contributed by atoms with Gasteiger partial charge in [-0.15, -0.1) is 13.2 Å². The fourth-order valence-corrected chi connectivity index (χ4v) is 1.30. The van der Waals surface area contributed by atoms with Gasteiger partial charge in [0.1, 0.15) is 5.75 Å². The van der Waals surface area contributed by atoms with Crippen LogP contribution in [-0.2, 0) is 9.53 Å². The fourth-order valence-electron chi connectivity index (χ4n) is 1.30. The number of nitrogens with one attached hydrogen (secondary N) is 1. The zero-order valence-electron chi connectivity index (χ0n) is 11.1. The van der Waals surface area contributed by atoms with E-state index in [9.17, 15) is 27.6 Å². The van der Waals surface area contributed by atoms with Crippen molar-refractivity contribution in [2.75, 3.05) is 0 Å². The third-order valence-electron chi connectivity index (χ3n) is 2.22. The van der Waals surface area contributed by atoms with Crippen LogP contribution in [0, 0.1) is 0 Å². The van der Waals surface area contributed by atoms with Crippen molar-refractivity contribution in [2.24, 2.45) is 5.73 Å². The van der Waals surface area contributed by atoms with E-state index in [1.165, 1.54) is 6.92 Å². The number of esters is 1. The lowest BCUT2D eigenvalue weighted by molar-refractivity contribution is -0.274. The standard InChI is InChI=1S/C12H11F3N2O5/c1-6(9(18)17-11(16)20)21-10(19)7-2-4-8(5-3-7)22-12(13,14)15/h2-6H,1H3,(H3,16,17,18,20)/t6-/m1/s1. The summed E-state index contributed by atoms with van der Waals surface area (Å²) in [4.78, 5) is 33.4. The molecule has 3 amide bonds. The monoisotopic (exact) mass is 320 g/mol. The maximum Gasteiger partial charge on any atom is 0.573 e. The summed E-state index contributed by atoms with van der Waals surface area (Å²) in [6, 6.07) is 2.78. The molecule has 0 unspecified atom stereocenters. The number of carbonyl (C=O) groups is 3. The molecular formula is C12H11F3N2O5. The van der Waals surface area contributed by atoms with Crippen LogP contribution in [0.5, 0.6) is 5.75 Å². The van der Waals surface area contributed by atoms with Crippen LogP contribution in [0.3, 0.4) is 0 Å². The first-order valence-corrected chi connectivity index (χ1v) is 5.75. The van der Waals surface area contributed by atoms with Crippen LogP contribution in [0.4, 0.5) is 18.0 Å². The van der Waals surface area contributed by atoms with Crippen molar-refractivity contribution >= 4 is 17.9 Å². The molecule has 7 nitrogen and oxygen atoms in total. The fraction of sp³-hybridized carbons (Fsp3) is 0.250. The van der Waals surface area contributed by atoms with Crippen LogP contribution in [0.15, 0.2) is 24.3 Å². The number of imide groups is 1. The number of amides is 3. The molecule has 1 rings (SSSR count). The Morgan fingerprint density at radius 3 is 2.18 bits per heavy atom. The largest absolute Gasteiger partial charge is 0.573 e. The molecule has 0 spiro atoms. The average Bonchev–Trinajstić information content (AvgIpc) is 2.36. The number of hydrogen-bond donors (Lipinski definition) is 2. The molecule has 0 aliphatic heterocycles. The molecule has 0 radical (unpaired) electrons. The lowest BCUT2D eigenvalue weighted by Gasteiger charge is -2.12. The minimum Gasteiger partial charge on any atom is -0.449 e. The number of halogens is 3. The molecule has 0 aromatic heterocycles. The molecule has 22 heavy (non-hydrogen) atoms. The molecule has 0 heterocycles.